The first-order valence-corrected chi connectivity index (χ1v) is 3.94. The molecule has 0 fully saturated rings. The minimum absolute atomic E-state index is 0.0625. The molecule has 0 aromatic carbocycles. The summed E-state index contributed by atoms with van der Waals surface area (Å²) in [5.74, 6) is -0.0625. The second kappa shape index (κ2) is 2.34. The van der Waals surface area contributed by atoms with Gasteiger partial charge in [-0.1, -0.05) is 22.9 Å². The molecule has 1 N–H and O–H groups in total. The number of hydrogen-bond acceptors (Lipinski definition) is 2. The molecule has 56 valence electrons. The van der Waals surface area contributed by atoms with Crippen molar-refractivity contribution < 1.29 is 4.79 Å². The second-order valence-corrected chi connectivity index (χ2v) is 3.65. The zero-order valence-corrected chi connectivity index (χ0v) is 7.53. The number of carbonyl (C=O) groups is 1. The zero-order chi connectivity index (χ0) is 7.78. The molecule has 0 spiro atoms. The van der Waals surface area contributed by atoms with E-state index < -0.39 is 4.32 Å². The Morgan fingerprint density at radius 1 is 1.80 bits per heavy atom. The van der Waals surface area contributed by atoms with Crippen LogP contribution in [0.25, 0.3) is 0 Å². The third-order valence-electron chi connectivity index (χ3n) is 1.75. The summed E-state index contributed by atoms with van der Waals surface area (Å²) in [6, 6.07) is 0. The molecule has 4 heteroatoms. The first-order valence-electron chi connectivity index (χ1n) is 3.15. The molecule has 1 heterocycles. The van der Waals surface area contributed by atoms with E-state index in [1.807, 2.05) is 13.8 Å². The Morgan fingerprint density at radius 3 is 2.60 bits per heavy atom. The van der Waals surface area contributed by atoms with E-state index in [4.69, 9.17) is 0 Å². The van der Waals surface area contributed by atoms with Crippen molar-refractivity contribution in [3.8, 4) is 0 Å². The highest BCUT2D eigenvalue weighted by molar-refractivity contribution is 9.10. The van der Waals surface area contributed by atoms with E-state index in [1.165, 1.54) is 0 Å². The summed E-state index contributed by atoms with van der Waals surface area (Å²) in [7, 11) is 0. The number of alkyl halides is 1. The lowest BCUT2D eigenvalue weighted by Gasteiger charge is -2.15. The number of carbonyl (C=O) groups excluding carboxylic acids is 1. The number of nitrogens with one attached hydrogen (secondary N) is 1. The number of halogens is 1. The summed E-state index contributed by atoms with van der Waals surface area (Å²) >= 11 is 3.33. The summed E-state index contributed by atoms with van der Waals surface area (Å²) in [5.41, 5.74) is 3.22. The molecule has 1 aliphatic heterocycles. The third kappa shape index (κ3) is 0.868. The fourth-order valence-electron chi connectivity index (χ4n) is 0.893. The molecule has 0 aromatic rings. The van der Waals surface area contributed by atoms with Gasteiger partial charge in [0.2, 0.25) is 0 Å². The second-order valence-electron chi connectivity index (χ2n) is 2.29. The molecular formula is C6H9BrN2O. The van der Waals surface area contributed by atoms with Gasteiger partial charge in [-0.15, -0.1) is 0 Å². The minimum atomic E-state index is -0.535. The molecule has 0 aliphatic carbocycles. The first kappa shape index (κ1) is 7.72. The molecule has 0 aromatic heterocycles. The SMILES string of the molecule is CC[C@]1(Br)C(=O)NN=C1C. The van der Waals surface area contributed by atoms with Crippen LogP contribution in [-0.4, -0.2) is 15.9 Å². The predicted molar refractivity (Wildman–Crippen MR) is 43.2 cm³/mol. The molecule has 10 heavy (non-hydrogen) atoms. The molecule has 0 saturated heterocycles. The maximum Gasteiger partial charge on any atom is 0.262 e. The molecule has 1 amide bonds. The van der Waals surface area contributed by atoms with Crippen LogP contribution in [0.1, 0.15) is 20.3 Å². The van der Waals surface area contributed by atoms with Crippen molar-refractivity contribution in [1.82, 2.24) is 5.43 Å². The van der Waals surface area contributed by atoms with E-state index in [2.05, 4.69) is 26.5 Å². The van der Waals surface area contributed by atoms with Crippen molar-refractivity contribution >= 4 is 27.5 Å². The van der Waals surface area contributed by atoms with Crippen LogP contribution in [0.3, 0.4) is 0 Å². The van der Waals surface area contributed by atoms with Gasteiger partial charge in [0, 0.05) is 0 Å². The summed E-state index contributed by atoms with van der Waals surface area (Å²) in [5, 5.41) is 3.81. The van der Waals surface area contributed by atoms with Crippen LogP contribution in [0.15, 0.2) is 5.10 Å². The largest absolute Gasteiger partial charge is 0.271 e. The summed E-state index contributed by atoms with van der Waals surface area (Å²) in [4.78, 5) is 11.1. The zero-order valence-electron chi connectivity index (χ0n) is 5.94. The average Bonchev–Trinajstić information content (AvgIpc) is 2.18. The van der Waals surface area contributed by atoms with Gasteiger partial charge in [-0.2, -0.15) is 5.10 Å². The number of hydrogen-bond donors (Lipinski definition) is 1. The van der Waals surface area contributed by atoms with Crippen LogP contribution in [0.2, 0.25) is 0 Å². The van der Waals surface area contributed by atoms with Gasteiger partial charge in [0.15, 0.2) is 0 Å². The predicted octanol–water partition coefficient (Wildman–Crippen LogP) is 1.04. The Labute approximate surface area is 68.0 Å². The summed E-state index contributed by atoms with van der Waals surface area (Å²) in [6.45, 7) is 3.77. The number of rotatable bonds is 1. The average molecular weight is 205 g/mol. The highest BCUT2D eigenvalue weighted by Crippen LogP contribution is 2.27. The fraction of sp³-hybridized carbons (Fsp3) is 0.667. The summed E-state index contributed by atoms with van der Waals surface area (Å²) < 4.78 is -0.535. The van der Waals surface area contributed by atoms with E-state index in [1.54, 1.807) is 0 Å². The Morgan fingerprint density at radius 2 is 2.40 bits per heavy atom. The Kier molecular flexibility index (Phi) is 1.81. The van der Waals surface area contributed by atoms with E-state index in [0.717, 1.165) is 12.1 Å². The Bertz CT molecular complexity index is 202. The third-order valence-corrected chi connectivity index (χ3v) is 3.24. The number of nitrogens with zero attached hydrogens (tertiary/aromatic N) is 1. The van der Waals surface area contributed by atoms with Crippen molar-refractivity contribution in [3.05, 3.63) is 0 Å². The molecule has 3 nitrogen and oxygen atoms in total. The molecule has 0 bridgehead atoms. The standard InChI is InChI=1S/C6H9BrN2O/c1-3-6(7)4(2)8-9-5(6)10/h3H2,1-2H3,(H,9,10)/t6-/m1/s1. The maximum atomic E-state index is 11.1. The van der Waals surface area contributed by atoms with Crippen molar-refractivity contribution in [2.24, 2.45) is 5.10 Å². The van der Waals surface area contributed by atoms with E-state index >= 15 is 0 Å². The van der Waals surface area contributed by atoms with E-state index in [9.17, 15) is 4.79 Å². The molecule has 1 aliphatic rings. The van der Waals surface area contributed by atoms with Gasteiger partial charge in [-0.05, 0) is 13.3 Å². The van der Waals surface area contributed by atoms with Crippen LogP contribution in [-0.2, 0) is 4.79 Å². The van der Waals surface area contributed by atoms with Gasteiger partial charge in [-0.3, -0.25) is 4.79 Å². The van der Waals surface area contributed by atoms with Crippen molar-refractivity contribution in [3.63, 3.8) is 0 Å². The van der Waals surface area contributed by atoms with E-state index in [-0.39, 0.29) is 5.91 Å². The van der Waals surface area contributed by atoms with Gasteiger partial charge >= 0.3 is 0 Å². The smallest absolute Gasteiger partial charge is 0.262 e. The lowest BCUT2D eigenvalue weighted by atomic mass is 10.0. The van der Waals surface area contributed by atoms with Gasteiger partial charge in [0.05, 0.1) is 5.71 Å². The maximum absolute atomic E-state index is 11.1. The van der Waals surface area contributed by atoms with Gasteiger partial charge < -0.3 is 0 Å². The van der Waals surface area contributed by atoms with Gasteiger partial charge in [-0.25, -0.2) is 5.43 Å². The lowest BCUT2D eigenvalue weighted by molar-refractivity contribution is -0.120. The van der Waals surface area contributed by atoms with Crippen LogP contribution in [0.4, 0.5) is 0 Å². The molecular weight excluding hydrogens is 196 g/mol. The normalized spacial score (nSPS) is 31.9. The Hall–Kier alpha value is -0.380. The lowest BCUT2D eigenvalue weighted by Crippen LogP contribution is -2.37. The van der Waals surface area contributed by atoms with Gasteiger partial charge in [0.25, 0.3) is 5.91 Å². The molecule has 1 atom stereocenters. The van der Waals surface area contributed by atoms with Crippen LogP contribution in [0, 0.1) is 0 Å². The minimum Gasteiger partial charge on any atom is -0.271 e. The molecule has 0 saturated carbocycles. The Balaban J connectivity index is 2.92. The summed E-state index contributed by atoms with van der Waals surface area (Å²) in [6.07, 6.45) is 0.730. The van der Waals surface area contributed by atoms with Crippen molar-refractivity contribution in [1.29, 1.82) is 0 Å². The number of amides is 1. The molecule has 0 radical (unpaired) electrons. The van der Waals surface area contributed by atoms with Crippen LogP contribution in [0.5, 0.6) is 0 Å². The monoisotopic (exact) mass is 204 g/mol. The highest BCUT2D eigenvalue weighted by atomic mass is 79.9. The van der Waals surface area contributed by atoms with Crippen LogP contribution < -0.4 is 5.43 Å². The number of hydrazone groups is 1. The molecule has 0 unspecified atom stereocenters. The van der Waals surface area contributed by atoms with Crippen LogP contribution >= 0.6 is 15.9 Å². The topological polar surface area (TPSA) is 41.5 Å². The van der Waals surface area contributed by atoms with E-state index in [0.29, 0.717) is 0 Å². The highest BCUT2D eigenvalue weighted by Gasteiger charge is 2.40. The van der Waals surface area contributed by atoms with Crippen molar-refractivity contribution in [2.45, 2.75) is 24.6 Å². The van der Waals surface area contributed by atoms with Gasteiger partial charge in [0.1, 0.15) is 4.32 Å². The van der Waals surface area contributed by atoms with Crippen molar-refractivity contribution in [2.75, 3.05) is 0 Å². The molecule has 1 rings (SSSR count). The fourth-order valence-corrected chi connectivity index (χ4v) is 1.07. The quantitative estimate of drug-likeness (QED) is 0.638. The first-order chi connectivity index (χ1) is 4.61.